The van der Waals surface area contributed by atoms with Gasteiger partial charge in [0, 0.05) is 0 Å². The number of thiol groups is 1. The first kappa shape index (κ1) is 8.71. The summed E-state index contributed by atoms with van der Waals surface area (Å²) >= 11 is 3.63. The summed E-state index contributed by atoms with van der Waals surface area (Å²) in [6.45, 7) is 1.88. The number of ether oxygens (including phenoxy) is 1. The summed E-state index contributed by atoms with van der Waals surface area (Å²) in [5.41, 5.74) is 0. The summed E-state index contributed by atoms with van der Waals surface area (Å²) in [4.78, 5) is 20.7. The van der Waals surface area contributed by atoms with Crippen molar-refractivity contribution < 1.29 is 14.3 Å². The van der Waals surface area contributed by atoms with Gasteiger partial charge in [-0.15, -0.1) is 0 Å². The highest BCUT2D eigenvalue weighted by molar-refractivity contribution is 8.10. The van der Waals surface area contributed by atoms with Crippen molar-refractivity contribution in [1.29, 1.82) is 0 Å². The van der Waals surface area contributed by atoms with E-state index in [9.17, 15) is 9.59 Å². The fraction of sp³-hybridized carbons (Fsp3) is 0.500. The van der Waals surface area contributed by atoms with E-state index in [0.29, 0.717) is 0 Å². The van der Waals surface area contributed by atoms with Crippen LogP contribution in [0.4, 0.5) is 0 Å². The molecule has 0 aromatic heterocycles. The molecule has 0 saturated carbocycles. The average Bonchev–Trinajstić information content (AvgIpc) is 1.87. The Bertz CT molecular complexity index is 125. The molecule has 0 atom stereocenters. The second kappa shape index (κ2) is 4.57. The molecule has 0 amide bonds. The van der Waals surface area contributed by atoms with E-state index in [2.05, 4.69) is 16.8 Å². The highest BCUT2D eigenvalue weighted by Crippen LogP contribution is 1.80. The van der Waals surface area contributed by atoms with Gasteiger partial charge in [-0.1, -0.05) is 0 Å². The predicted octanol–water partition coefficient (Wildman–Crippen LogP) is -0.375. The Morgan fingerprint density at radius 3 is 2.56 bits per heavy atom. The van der Waals surface area contributed by atoms with Gasteiger partial charge < -0.3 is 4.74 Å². The Balaban J connectivity index is 3.60. The molecular formula is C4H6O3SSi. The summed E-state index contributed by atoms with van der Waals surface area (Å²) in [6.07, 6.45) is 0. The average molecular weight is 162 g/mol. The molecular weight excluding hydrogens is 156 g/mol. The van der Waals surface area contributed by atoms with Gasteiger partial charge in [0.2, 0.25) is 14.1 Å². The highest BCUT2D eigenvalue weighted by Gasteiger charge is 2.11. The molecule has 0 N–H and O–H groups in total. The van der Waals surface area contributed by atoms with Crippen LogP contribution in [0.15, 0.2) is 0 Å². The van der Waals surface area contributed by atoms with Crippen LogP contribution in [0.3, 0.4) is 0 Å². The molecule has 0 fully saturated rings. The van der Waals surface area contributed by atoms with E-state index in [1.54, 1.807) is 6.92 Å². The van der Waals surface area contributed by atoms with Crippen molar-refractivity contribution in [2.75, 3.05) is 6.61 Å². The van der Waals surface area contributed by atoms with Crippen LogP contribution in [0.5, 0.6) is 0 Å². The maximum Gasteiger partial charge on any atom is 0.369 e. The van der Waals surface area contributed by atoms with Gasteiger partial charge >= 0.3 is 5.97 Å². The van der Waals surface area contributed by atoms with Crippen molar-refractivity contribution in [1.82, 2.24) is 0 Å². The van der Waals surface area contributed by atoms with E-state index >= 15 is 0 Å². The second-order valence-corrected chi connectivity index (χ2v) is 2.51. The monoisotopic (exact) mass is 162 g/mol. The fourth-order valence-electron chi connectivity index (χ4n) is 0.242. The van der Waals surface area contributed by atoms with Crippen LogP contribution in [0.25, 0.3) is 0 Å². The van der Waals surface area contributed by atoms with E-state index in [1.165, 1.54) is 0 Å². The third-order valence-corrected chi connectivity index (χ3v) is 1.58. The molecule has 0 aliphatic heterocycles. The molecule has 2 radical (unpaired) electrons. The van der Waals surface area contributed by atoms with Crippen LogP contribution in [-0.2, 0) is 14.3 Å². The summed E-state index contributed by atoms with van der Waals surface area (Å²) in [7, 11) is -0.297. The molecule has 0 spiro atoms. The van der Waals surface area contributed by atoms with Crippen LogP contribution in [0.1, 0.15) is 6.92 Å². The quantitative estimate of drug-likeness (QED) is 0.266. The molecule has 0 aromatic carbocycles. The summed E-state index contributed by atoms with van der Waals surface area (Å²) in [6, 6.07) is 0. The third-order valence-electron chi connectivity index (χ3n) is 0.562. The lowest BCUT2D eigenvalue weighted by molar-refractivity contribution is -0.150. The first-order valence-corrected chi connectivity index (χ1v) is 4.62. The van der Waals surface area contributed by atoms with Gasteiger partial charge in [-0.2, -0.15) is 12.1 Å². The summed E-state index contributed by atoms with van der Waals surface area (Å²) in [5, 5.41) is -0.569. The maximum atomic E-state index is 10.4. The van der Waals surface area contributed by atoms with Gasteiger partial charge in [-0.25, -0.2) is 4.79 Å². The molecule has 0 aliphatic carbocycles. The van der Waals surface area contributed by atoms with Crippen LogP contribution in [0, 0.1) is 0 Å². The molecule has 0 saturated heterocycles. The topological polar surface area (TPSA) is 43.4 Å². The standard InChI is InChI=1S/C4H6O3SSi/c1-2-7-3(5)4(6)9-8/h8H,2H2,1H3. The van der Waals surface area contributed by atoms with Gasteiger partial charge in [0.05, 0.1) is 6.61 Å². The third kappa shape index (κ3) is 3.31. The molecule has 0 aromatic rings. The Morgan fingerprint density at radius 1 is 1.67 bits per heavy atom. The van der Waals surface area contributed by atoms with Crippen molar-refractivity contribution in [3.63, 3.8) is 0 Å². The number of carbonyl (C=O) groups excluding carboxylic acids is 2. The molecule has 50 valence electrons. The molecule has 9 heavy (non-hydrogen) atoms. The van der Waals surface area contributed by atoms with Gasteiger partial charge in [0.1, 0.15) is 0 Å². The van der Waals surface area contributed by atoms with Crippen LogP contribution in [0.2, 0.25) is 0 Å². The zero-order chi connectivity index (χ0) is 7.28. The zero-order valence-corrected chi connectivity index (χ0v) is 6.77. The summed E-state index contributed by atoms with van der Waals surface area (Å²) < 4.78 is 4.36. The van der Waals surface area contributed by atoms with Gasteiger partial charge in [-0.3, -0.25) is 4.79 Å². The highest BCUT2D eigenvalue weighted by atomic mass is 32.3. The van der Waals surface area contributed by atoms with Crippen LogP contribution >= 0.6 is 12.1 Å². The molecule has 0 bridgehead atoms. The van der Waals surface area contributed by atoms with Crippen LogP contribution < -0.4 is 0 Å². The summed E-state index contributed by atoms with van der Waals surface area (Å²) in [5.74, 6) is -0.786. The van der Waals surface area contributed by atoms with Crippen molar-refractivity contribution in [2.45, 2.75) is 6.92 Å². The molecule has 3 nitrogen and oxygen atoms in total. The number of carbonyl (C=O) groups is 2. The Kier molecular flexibility index (Phi) is 4.42. The minimum atomic E-state index is -0.786. The first-order valence-electron chi connectivity index (χ1n) is 2.33. The minimum absolute atomic E-state index is 0.239. The normalized spacial score (nSPS) is 8.67. The molecule has 0 heterocycles. The van der Waals surface area contributed by atoms with Crippen molar-refractivity contribution in [3.8, 4) is 0 Å². The van der Waals surface area contributed by atoms with E-state index in [4.69, 9.17) is 0 Å². The second-order valence-electron chi connectivity index (χ2n) is 1.16. The lowest BCUT2D eigenvalue weighted by Gasteiger charge is -1.94. The zero-order valence-electron chi connectivity index (χ0n) is 4.88. The Morgan fingerprint density at radius 2 is 2.22 bits per heavy atom. The minimum Gasteiger partial charge on any atom is -0.461 e. The lowest BCUT2D eigenvalue weighted by Crippen LogP contribution is -2.20. The fourth-order valence-corrected chi connectivity index (χ4v) is 0.680. The molecule has 0 rings (SSSR count). The van der Waals surface area contributed by atoms with E-state index in [0.717, 1.165) is 0 Å². The maximum absolute atomic E-state index is 10.4. The molecule has 5 heteroatoms. The van der Waals surface area contributed by atoms with Crippen molar-refractivity contribution in [3.05, 3.63) is 0 Å². The lowest BCUT2D eigenvalue weighted by atomic mass is 10.7. The SMILES string of the molecule is CCOC(=O)C(=O)[Si]S. The van der Waals surface area contributed by atoms with Gasteiger partial charge in [0.15, 0.2) is 0 Å². The van der Waals surface area contributed by atoms with E-state index < -0.39 is 11.4 Å². The number of esters is 1. The van der Waals surface area contributed by atoms with E-state index in [1.807, 2.05) is 0 Å². The van der Waals surface area contributed by atoms with Gasteiger partial charge in [-0.05, 0) is 6.92 Å². The van der Waals surface area contributed by atoms with Gasteiger partial charge in [0.25, 0.3) is 0 Å². The van der Waals surface area contributed by atoms with Crippen LogP contribution in [-0.4, -0.2) is 26.7 Å². The molecule has 0 unspecified atom stereocenters. The number of hydrogen-bond acceptors (Lipinski definition) is 4. The largest absolute Gasteiger partial charge is 0.461 e. The first-order chi connectivity index (χ1) is 4.22. The van der Waals surface area contributed by atoms with E-state index in [-0.39, 0.29) is 15.3 Å². The molecule has 0 aliphatic rings. The van der Waals surface area contributed by atoms with Crippen molar-refractivity contribution in [2.24, 2.45) is 0 Å². The number of hydrogen-bond donors (Lipinski definition) is 1. The smallest absolute Gasteiger partial charge is 0.369 e. The Hall–Kier alpha value is -0.293. The van der Waals surface area contributed by atoms with Crippen molar-refractivity contribution >= 4 is 32.1 Å². The Labute approximate surface area is 60.6 Å². The predicted molar refractivity (Wildman–Crippen MR) is 36.4 cm³/mol. The number of rotatable bonds is 3.